The van der Waals surface area contributed by atoms with Crippen LogP contribution in [0.25, 0.3) is 0 Å². The highest BCUT2D eigenvalue weighted by Gasteiger charge is 2.04. The minimum atomic E-state index is 0.345. The number of nitrogen functional groups attached to an aromatic ring is 1. The Labute approximate surface area is 99.8 Å². The molecular formula is C13H25N3. The molecule has 1 rings (SSSR count). The fourth-order valence-electron chi connectivity index (χ4n) is 1.21. The highest BCUT2D eigenvalue weighted by molar-refractivity contribution is 5.31. The van der Waals surface area contributed by atoms with Gasteiger partial charge in [0.1, 0.15) is 0 Å². The SMILES string of the molecule is C=CCc1c(C)nc(N)nc1C.CC.CC. The Morgan fingerprint density at radius 2 is 1.44 bits per heavy atom. The fraction of sp³-hybridized carbons (Fsp3) is 0.538. The average molecular weight is 223 g/mol. The summed E-state index contributed by atoms with van der Waals surface area (Å²) in [7, 11) is 0. The first-order valence-corrected chi connectivity index (χ1v) is 5.85. The molecule has 16 heavy (non-hydrogen) atoms. The molecule has 1 heterocycles. The Balaban J connectivity index is 0. The minimum Gasteiger partial charge on any atom is -0.368 e. The molecule has 0 saturated heterocycles. The number of hydrogen-bond donors (Lipinski definition) is 1. The summed E-state index contributed by atoms with van der Waals surface area (Å²) in [5.74, 6) is 0.345. The third-order valence-corrected chi connectivity index (χ3v) is 1.79. The van der Waals surface area contributed by atoms with E-state index in [1.54, 1.807) is 0 Å². The topological polar surface area (TPSA) is 51.8 Å². The molecule has 92 valence electrons. The van der Waals surface area contributed by atoms with E-state index in [0.29, 0.717) is 5.95 Å². The molecule has 3 heteroatoms. The van der Waals surface area contributed by atoms with Gasteiger partial charge in [-0.15, -0.1) is 6.58 Å². The zero-order valence-corrected chi connectivity index (χ0v) is 11.5. The summed E-state index contributed by atoms with van der Waals surface area (Å²) >= 11 is 0. The maximum absolute atomic E-state index is 5.48. The van der Waals surface area contributed by atoms with Gasteiger partial charge >= 0.3 is 0 Å². The number of aryl methyl sites for hydroxylation is 2. The molecule has 0 bridgehead atoms. The molecule has 2 N–H and O–H groups in total. The van der Waals surface area contributed by atoms with Crippen LogP contribution in [0.3, 0.4) is 0 Å². The van der Waals surface area contributed by atoms with Gasteiger partial charge in [-0.05, 0) is 25.8 Å². The van der Waals surface area contributed by atoms with Crippen LogP contribution in [-0.2, 0) is 6.42 Å². The molecule has 0 saturated carbocycles. The lowest BCUT2D eigenvalue weighted by Gasteiger charge is -2.05. The van der Waals surface area contributed by atoms with Gasteiger partial charge in [-0.2, -0.15) is 0 Å². The second-order valence-corrected chi connectivity index (χ2v) is 2.72. The van der Waals surface area contributed by atoms with Crippen molar-refractivity contribution in [3.8, 4) is 0 Å². The molecule has 0 aliphatic rings. The highest BCUT2D eigenvalue weighted by Crippen LogP contribution is 2.11. The molecule has 0 unspecified atom stereocenters. The summed E-state index contributed by atoms with van der Waals surface area (Å²) in [6.45, 7) is 15.5. The van der Waals surface area contributed by atoms with Gasteiger partial charge in [0.05, 0.1) is 0 Å². The normalized spacial score (nSPS) is 8.12. The summed E-state index contributed by atoms with van der Waals surface area (Å²) in [6, 6.07) is 0. The van der Waals surface area contributed by atoms with Gasteiger partial charge in [-0.3, -0.25) is 0 Å². The molecule has 0 spiro atoms. The van der Waals surface area contributed by atoms with Crippen LogP contribution in [0.5, 0.6) is 0 Å². The standard InChI is InChI=1S/C9H13N3.2C2H6/c1-4-5-8-6(2)11-9(10)12-7(8)3;2*1-2/h4H,1,5H2,2-3H3,(H2,10,11,12);2*1-2H3. The quantitative estimate of drug-likeness (QED) is 0.781. The minimum absolute atomic E-state index is 0.345. The van der Waals surface area contributed by atoms with E-state index in [9.17, 15) is 0 Å². The van der Waals surface area contributed by atoms with E-state index in [4.69, 9.17) is 5.73 Å². The number of hydrogen-bond acceptors (Lipinski definition) is 3. The van der Waals surface area contributed by atoms with Crippen LogP contribution >= 0.6 is 0 Å². The molecule has 0 radical (unpaired) electrons. The lowest BCUT2D eigenvalue weighted by molar-refractivity contribution is 0.997. The monoisotopic (exact) mass is 223 g/mol. The number of rotatable bonds is 2. The van der Waals surface area contributed by atoms with E-state index in [1.165, 1.54) is 0 Å². The summed E-state index contributed by atoms with van der Waals surface area (Å²) in [5, 5.41) is 0. The second kappa shape index (κ2) is 10.1. The third-order valence-electron chi connectivity index (χ3n) is 1.79. The molecule has 3 nitrogen and oxygen atoms in total. The molecule has 0 atom stereocenters. The van der Waals surface area contributed by atoms with Crippen molar-refractivity contribution >= 4 is 5.95 Å². The van der Waals surface area contributed by atoms with E-state index in [-0.39, 0.29) is 0 Å². The number of nitrogens with zero attached hydrogens (tertiary/aromatic N) is 2. The van der Waals surface area contributed by atoms with Crippen molar-refractivity contribution < 1.29 is 0 Å². The molecule has 1 aromatic rings. The Kier molecular flexibility index (Phi) is 10.8. The summed E-state index contributed by atoms with van der Waals surface area (Å²) in [6.07, 6.45) is 2.65. The van der Waals surface area contributed by atoms with E-state index in [1.807, 2.05) is 47.6 Å². The Morgan fingerprint density at radius 1 is 1.06 bits per heavy atom. The maximum atomic E-state index is 5.48. The Morgan fingerprint density at radius 3 is 1.75 bits per heavy atom. The maximum Gasteiger partial charge on any atom is 0.220 e. The predicted octanol–water partition coefficient (Wildman–Crippen LogP) is 3.46. The Hall–Kier alpha value is -1.38. The average Bonchev–Trinajstić information content (AvgIpc) is 2.29. The van der Waals surface area contributed by atoms with Crippen LogP contribution in [0.2, 0.25) is 0 Å². The summed E-state index contributed by atoms with van der Waals surface area (Å²) < 4.78 is 0. The van der Waals surface area contributed by atoms with Gasteiger partial charge in [0.25, 0.3) is 0 Å². The number of anilines is 1. The lowest BCUT2D eigenvalue weighted by Crippen LogP contribution is -2.03. The highest BCUT2D eigenvalue weighted by atomic mass is 15.0. The van der Waals surface area contributed by atoms with Crippen molar-refractivity contribution in [3.05, 3.63) is 29.6 Å². The van der Waals surface area contributed by atoms with Crippen molar-refractivity contribution in [1.29, 1.82) is 0 Å². The van der Waals surface area contributed by atoms with Crippen molar-refractivity contribution in [2.45, 2.75) is 48.0 Å². The molecule has 0 fully saturated rings. The first-order chi connectivity index (χ1) is 7.65. The van der Waals surface area contributed by atoms with Gasteiger partial charge < -0.3 is 5.73 Å². The molecule has 0 aromatic carbocycles. The summed E-state index contributed by atoms with van der Waals surface area (Å²) in [5.41, 5.74) is 8.49. The van der Waals surface area contributed by atoms with Gasteiger partial charge in [-0.25, -0.2) is 9.97 Å². The smallest absolute Gasteiger partial charge is 0.220 e. The third kappa shape index (κ3) is 5.49. The second-order valence-electron chi connectivity index (χ2n) is 2.72. The molecule has 1 aromatic heterocycles. The van der Waals surface area contributed by atoms with Crippen molar-refractivity contribution in [3.63, 3.8) is 0 Å². The number of nitrogens with two attached hydrogens (primary N) is 1. The predicted molar refractivity (Wildman–Crippen MR) is 72.5 cm³/mol. The van der Waals surface area contributed by atoms with Gasteiger partial charge in [-0.1, -0.05) is 33.8 Å². The van der Waals surface area contributed by atoms with E-state index in [0.717, 1.165) is 23.4 Å². The molecule has 0 aliphatic carbocycles. The number of aromatic nitrogens is 2. The van der Waals surface area contributed by atoms with Crippen LogP contribution in [0, 0.1) is 13.8 Å². The van der Waals surface area contributed by atoms with Gasteiger partial charge in [0.2, 0.25) is 5.95 Å². The largest absolute Gasteiger partial charge is 0.368 e. The zero-order valence-electron chi connectivity index (χ0n) is 11.5. The lowest BCUT2D eigenvalue weighted by atomic mass is 10.1. The van der Waals surface area contributed by atoms with Gasteiger partial charge in [0, 0.05) is 11.4 Å². The van der Waals surface area contributed by atoms with Gasteiger partial charge in [0.15, 0.2) is 0 Å². The molecule has 0 amide bonds. The van der Waals surface area contributed by atoms with Crippen LogP contribution in [0.4, 0.5) is 5.95 Å². The van der Waals surface area contributed by atoms with Crippen LogP contribution in [0.15, 0.2) is 12.7 Å². The van der Waals surface area contributed by atoms with Crippen LogP contribution in [0.1, 0.15) is 44.6 Å². The van der Waals surface area contributed by atoms with Crippen molar-refractivity contribution in [2.24, 2.45) is 0 Å². The number of allylic oxidation sites excluding steroid dienone is 1. The van der Waals surface area contributed by atoms with E-state index < -0.39 is 0 Å². The first kappa shape index (κ1) is 17.0. The van der Waals surface area contributed by atoms with Crippen LogP contribution < -0.4 is 5.73 Å². The van der Waals surface area contributed by atoms with E-state index in [2.05, 4.69) is 16.5 Å². The van der Waals surface area contributed by atoms with Crippen molar-refractivity contribution in [2.75, 3.05) is 5.73 Å². The van der Waals surface area contributed by atoms with E-state index >= 15 is 0 Å². The molecular weight excluding hydrogens is 198 g/mol. The molecule has 0 aliphatic heterocycles. The Bertz CT molecular complexity index is 283. The van der Waals surface area contributed by atoms with Crippen LogP contribution in [-0.4, -0.2) is 9.97 Å². The fourth-order valence-corrected chi connectivity index (χ4v) is 1.21. The zero-order chi connectivity index (χ0) is 13.1. The first-order valence-electron chi connectivity index (χ1n) is 5.85. The van der Waals surface area contributed by atoms with Crippen molar-refractivity contribution in [1.82, 2.24) is 9.97 Å². The summed E-state index contributed by atoms with van der Waals surface area (Å²) in [4.78, 5) is 8.14.